The number of carbonyl (C=O) groups excluding carboxylic acids is 3. The number of thiophene rings is 1. The first kappa shape index (κ1) is 18.6. The second kappa shape index (κ2) is 8.01. The van der Waals surface area contributed by atoms with Gasteiger partial charge in [0.15, 0.2) is 6.61 Å². The van der Waals surface area contributed by atoms with Gasteiger partial charge in [0.2, 0.25) is 5.78 Å². The van der Waals surface area contributed by atoms with E-state index >= 15 is 0 Å². The molecule has 0 aliphatic rings. The Balaban J connectivity index is 1.70. The van der Waals surface area contributed by atoms with Crippen LogP contribution >= 0.6 is 11.3 Å². The number of nitrogens with one attached hydrogen (secondary N) is 1. The number of nitrogens with zero attached hydrogens (tertiary/aromatic N) is 1. The second-order valence-corrected chi connectivity index (χ2v) is 6.72. The highest BCUT2D eigenvalue weighted by molar-refractivity contribution is 7.08. The molecule has 0 unspecified atom stereocenters. The van der Waals surface area contributed by atoms with Crippen molar-refractivity contribution >= 4 is 29.0 Å². The van der Waals surface area contributed by atoms with E-state index in [-0.39, 0.29) is 18.3 Å². The van der Waals surface area contributed by atoms with Crippen LogP contribution in [0.2, 0.25) is 0 Å². The van der Waals surface area contributed by atoms with Crippen LogP contribution in [0.1, 0.15) is 42.5 Å². The van der Waals surface area contributed by atoms with E-state index in [0.29, 0.717) is 28.1 Å². The van der Waals surface area contributed by atoms with E-state index in [9.17, 15) is 14.4 Å². The summed E-state index contributed by atoms with van der Waals surface area (Å²) < 4.78 is 6.64. The van der Waals surface area contributed by atoms with Crippen molar-refractivity contribution < 1.29 is 19.1 Å². The maximum Gasteiger partial charge on any atom is 0.339 e. The van der Waals surface area contributed by atoms with Crippen molar-refractivity contribution in [1.29, 1.82) is 0 Å². The van der Waals surface area contributed by atoms with Crippen molar-refractivity contribution in [3.63, 3.8) is 0 Å². The predicted molar refractivity (Wildman–Crippen MR) is 103 cm³/mol. The summed E-state index contributed by atoms with van der Waals surface area (Å²) in [4.78, 5) is 36.7. The molecule has 0 fully saturated rings. The number of rotatable bonds is 6. The van der Waals surface area contributed by atoms with Gasteiger partial charge < -0.3 is 4.74 Å². The maximum absolute atomic E-state index is 12.5. The topological polar surface area (TPSA) is 77.4 Å². The van der Waals surface area contributed by atoms with Gasteiger partial charge in [0.1, 0.15) is 0 Å². The highest BCUT2D eigenvalue weighted by atomic mass is 32.1. The fourth-order valence-corrected chi connectivity index (χ4v) is 3.27. The fraction of sp³-hybridized carbons (Fsp3) is 0.150. The van der Waals surface area contributed by atoms with Crippen LogP contribution in [-0.4, -0.2) is 28.9 Å². The van der Waals surface area contributed by atoms with Gasteiger partial charge in [-0.1, -0.05) is 18.2 Å². The van der Waals surface area contributed by atoms with Crippen molar-refractivity contribution in [2.75, 3.05) is 12.0 Å². The van der Waals surface area contributed by atoms with Gasteiger partial charge >= 0.3 is 5.97 Å². The molecule has 0 aliphatic heterocycles. The highest BCUT2D eigenvalue weighted by Gasteiger charge is 2.19. The lowest BCUT2D eigenvalue weighted by molar-refractivity contribution is 0.0475. The molecular weight excluding hydrogens is 364 g/mol. The van der Waals surface area contributed by atoms with Crippen LogP contribution in [-0.2, 0) is 4.74 Å². The molecule has 3 aromatic rings. The molecule has 6 nitrogen and oxygen atoms in total. The minimum absolute atomic E-state index is 0.278. The van der Waals surface area contributed by atoms with Gasteiger partial charge in [-0.2, -0.15) is 11.3 Å². The third-order valence-electron chi connectivity index (χ3n) is 4.07. The molecule has 0 radical (unpaired) electrons. The predicted octanol–water partition coefficient (Wildman–Crippen LogP) is 3.59. The number of aryl methyl sites for hydroxylation is 1. The van der Waals surface area contributed by atoms with E-state index in [1.54, 1.807) is 65.7 Å². The molecule has 7 heteroatoms. The maximum atomic E-state index is 12.5. The normalized spacial score (nSPS) is 10.4. The van der Waals surface area contributed by atoms with Crippen molar-refractivity contribution in [2.45, 2.75) is 13.8 Å². The largest absolute Gasteiger partial charge is 0.454 e. The summed E-state index contributed by atoms with van der Waals surface area (Å²) in [5, 5.41) is 3.43. The second-order valence-electron chi connectivity index (χ2n) is 5.94. The summed E-state index contributed by atoms with van der Waals surface area (Å²) in [6.45, 7) is 3.16. The Bertz CT molecular complexity index is 975. The zero-order valence-corrected chi connectivity index (χ0v) is 15.7. The van der Waals surface area contributed by atoms with E-state index in [0.717, 1.165) is 0 Å². The summed E-state index contributed by atoms with van der Waals surface area (Å²) in [6.07, 6.45) is 0. The van der Waals surface area contributed by atoms with Crippen molar-refractivity contribution in [2.24, 2.45) is 0 Å². The number of ketones is 1. The lowest BCUT2D eigenvalue weighted by Crippen LogP contribution is -2.25. The van der Waals surface area contributed by atoms with Gasteiger partial charge in [-0.05, 0) is 43.5 Å². The molecule has 2 heterocycles. The van der Waals surface area contributed by atoms with Crippen LogP contribution in [0.3, 0.4) is 0 Å². The Kier molecular flexibility index (Phi) is 5.52. The summed E-state index contributed by atoms with van der Waals surface area (Å²) in [6, 6.07) is 12.1. The van der Waals surface area contributed by atoms with Gasteiger partial charge in [-0.3, -0.25) is 19.7 Å². The number of hydrogen-bond donors (Lipinski definition) is 1. The molecule has 0 saturated carbocycles. The number of Topliss-reactive ketones (excluding diaryl/α,β-unsaturated/α-hetero) is 1. The minimum atomic E-state index is -0.532. The number of benzene rings is 1. The smallest absolute Gasteiger partial charge is 0.339 e. The molecule has 0 atom stereocenters. The van der Waals surface area contributed by atoms with Crippen molar-refractivity contribution in [3.8, 4) is 0 Å². The molecule has 27 heavy (non-hydrogen) atoms. The van der Waals surface area contributed by atoms with Crippen LogP contribution in [0.25, 0.3) is 0 Å². The van der Waals surface area contributed by atoms with Crippen molar-refractivity contribution in [3.05, 3.63) is 81.3 Å². The molecule has 1 amide bonds. The number of carbonyl (C=O) groups is 3. The van der Waals surface area contributed by atoms with Crippen LogP contribution in [0.4, 0.5) is 0 Å². The van der Waals surface area contributed by atoms with Gasteiger partial charge in [0.05, 0.1) is 5.56 Å². The Morgan fingerprint density at radius 3 is 2.48 bits per heavy atom. The first-order chi connectivity index (χ1) is 13.0. The molecule has 0 bridgehead atoms. The average Bonchev–Trinajstić information content (AvgIpc) is 3.31. The molecule has 3 rings (SSSR count). The molecule has 0 spiro atoms. The van der Waals surface area contributed by atoms with Gasteiger partial charge in [0, 0.05) is 27.9 Å². The first-order valence-corrected chi connectivity index (χ1v) is 9.19. The SMILES string of the molecule is Cc1cc(C(=O)COC(=O)c2ccsc2)c(C)n1NC(=O)c1ccccc1. The van der Waals surface area contributed by atoms with Crippen LogP contribution in [0.5, 0.6) is 0 Å². The standard InChI is InChI=1S/C20H18N2O4S/c1-13-10-17(18(23)11-26-20(25)16-8-9-27-12-16)14(2)22(13)21-19(24)15-6-4-3-5-7-15/h3-10,12H,11H2,1-2H3,(H,21,24). The molecule has 0 aliphatic carbocycles. The van der Waals surface area contributed by atoms with Crippen molar-refractivity contribution in [1.82, 2.24) is 4.68 Å². The van der Waals surface area contributed by atoms with E-state index in [2.05, 4.69) is 5.43 Å². The van der Waals surface area contributed by atoms with Gasteiger partial charge in [-0.15, -0.1) is 0 Å². The summed E-state index contributed by atoms with van der Waals surface area (Å²) >= 11 is 1.38. The lowest BCUT2D eigenvalue weighted by atomic mass is 10.1. The Hall–Kier alpha value is -3.19. The summed E-state index contributed by atoms with van der Waals surface area (Å²) in [5.41, 5.74) is 5.39. The van der Waals surface area contributed by atoms with Gasteiger partial charge in [-0.25, -0.2) is 4.79 Å². The third-order valence-corrected chi connectivity index (χ3v) is 4.76. The molecule has 0 saturated heterocycles. The Morgan fingerprint density at radius 1 is 1.07 bits per heavy atom. The number of ether oxygens (including phenoxy) is 1. The first-order valence-electron chi connectivity index (χ1n) is 8.25. The van der Waals surface area contributed by atoms with Crippen LogP contribution in [0.15, 0.2) is 53.2 Å². The number of aromatic nitrogens is 1. The number of amides is 1. The molecule has 1 N–H and O–H groups in total. The average molecular weight is 382 g/mol. The number of esters is 1. The summed E-state index contributed by atoms with van der Waals surface area (Å²) in [5.74, 6) is -1.14. The lowest BCUT2D eigenvalue weighted by Gasteiger charge is -2.11. The molecule has 2 aromatic heterocycles. The molecular formula is C20H18N2O4S. The Labute approximate surface area is 160 Å². The van der Waals surface area contributed by atoms with E-state index in [1.807, 2.05) is 6.07 Å². The van der Waals surface area contributed by atoms with E-state index in [1.165, 1.54) is 11.3 Å². The quantitative estimate of drug-likeness (QED) is 0.522. The monoisotopic (exact) mass is 382 g/mol. The van der Waals surface area contributed by atoms with E-state index in [4.69, 9.17) is 4.74 Å². The molecule has 1 aromatic carbocycles. The zero-order valence-electron chi connectivity index (χ0n) is 14.9. The minimum Gasteiger partial charge on any atom is -0.454 e. The summed E-state index contributed by atoms with van der Waals surface area (Å²) in [7, 11) is 0. The molecule has 138 valence electrons. The number of hydrogen-bond acceptors (Lipinski definition) is 5. The van der Waals surface area contributed by atoms with E-state index < -0.39 is 5.97 Å². The third kappa shape index (κ3) is 4.15. The van der Waals surface area contributed by atoms with Crippen LogP contribution < -0.4 is 5.43 Å². The fourth-order valence-electron chi connectivity index (χ4n) is 2.65. The Morgan fingerprint density at radius 2 is 1.81 bits per heavy atom. The zero-order chi connectivity index (χ0) is 19.4. The highest BCUT2D eigenvalue weighted by Crippen LogP contribution is 2.16. The van der Waals surface area contributed by atoms with Crippen LogP contribution in [0, 0.1) is 13.8 Å². The van der Waals surface area contributed by atoms with Gasteiger partial charge in [0.25, 0.3) is 5.91 Å².